The zero-order valence-electron chi connectivity index (χ0n) is 11.5. The second-order valence-corrected chi connectivity index (χ2v) is 5.57. The Balaban J connectivity index is 2.64. The second kappa shape index (κ2) is 6.11. The highest BCUT2D eigenvalue weighted by Crippen LogP contribution is 2.21. The van der Waals surface area contributed by atoms with Crippen LogP contribution in [0.2, 0.25) is 0 Å². The van der Waals surface area contributed by atoms with Crippen LogP contribution in [0.25, 0.3) is 0 Å². The first-order valence-corrected chi connectivity index (χ1v) is 6.23. The Kier molecular flexibility index (Phi) is 5.34. The van der Waals surface area contributed by atoms with Crippen LogP contribution in [0.1, 0.15) is 13.8 Å². The summed E-state index contributed by atoms with van der Waals surface area (Å²) in [5, 5.41) is 9.52. The van der Waals surface area contributed by atoms with Gasteiger partial charge >= 0.3 is 0 Å². The normalized spacial score (nSPS) is 25.8. The molecule has 0 aliphatic carbocycles. The number of rotatable bonds is 5. The van der Waals surface area contributed by atoms with Gasteiger partial charge in [-0.05, 0) is 20.9 Å². The van der Waals surface area contributed by atoms with E-state index in [0.29, 0.717) is 6.61 Å². The second-order valence-electron chi connectivity index (χ2n) is 5.57. The van der Waals surface area contributed by atoms with Crippen LogP contribution in [-0.2, 0) is 4.74 Å². The molecule has 5 nitrogen and oxygen atoms in total. The summed E-state index contributed by atoms with van der Waals surface area (Å²) >= 11 is 0. The minimum Gasteiger partial charge on any atom is -0.395 e. The molecule has 1 heterocycles. The molecule has 0 bridgehead atoms. The number of hydrogen-bond donors (Lipinski definition) is 2. The summed E-state index contributed by atoms with van der Waals surface area (Å²) in [5.41, 5.74) is 6.18. The molecule has 1 saturated heterocycles. The summed E-state index contributed by atoms with van der Waals surface area (Å²) < 4.78 is 5.08. The highest BCUT2D eigenvalue weighted by atomic mass is 16.5. The van der Waals surface area contributed by atoms with Gasteiger partial charge in [-0.3, -0.25) is 9.80 Å². The highest BCUT2D eigenvalue weighted by molar-refractivity contribution is 4.93. The smallest absolute Gasteiger partial charge is 0.0629 e. The van der Waals surface area contributed by atoms with Crippen LogP contribution in [0.5, 0.6) is 0 Å². The quantitative estimate of drug-likeness (QED) is 0.674. The van der Waals surface area contributed by atoms with E-state index in [2.05, 4.69) is 30.7 Å². The van der Waals surface area contributed by atoms with E-state index in [4.69, 9.17) is 10.5 Å². The molecule has 0 saturated carbocycles. The molecule has 1 fully saturated rings. The summed E-state index contributed by atoms with van der Waals surface area (Å²) in [6, 6.07) is -0.146. The van der Waals surface area contributed by atoms with Crippen molar-refractivity contribution in [1.29, 1.82) is 0 Å². The molecule has 3 N–H and O–H groups in total. The number of nitrogens with zero attached hydrogens (tertiary/aromatic N) is 2. The van der Waals surface area contributed by atoms with Crippen LogP contribution < -0.4 is 5.73 Å². The summed E-state index contributed by atoms with van der Waals surface area (Å²) in [6.45, 7) is 7.88. The molecular weight excluding hydrogens is 218 g/mol. The number of nitrogens with two attached hydrogens (primary N) is 1. The number of aliphatic hydroxyl groups is 1. The Morgan fingerprint density at radius 3 is 2.53 bits per heavy atom. The monoisotopic (exact) mass is 245 g/mol. The van der Waals surface area contributed by atoms with Crippen LogP contribution in [0, 0.1) is 0 Å². The van der Waals surface area contributed by atoms with Crippen molar-refractivity contribution in [1.82, 2.24) is 9.80 Å². The predicted octanol–water partition coefficient (Wildman–Crippen LogP) is -0.653. The first-order chi connectivity index (χ1) is 7.92. The molecule has 5 heteroatoms. The predicted molar refractivity (Wildman–Crippen MR) is 69.0 cm³/mol. The van der Waals surface area contributed by atoms with Crippen molar-refractivity contribution in [3.05, 3.63) is 0 Å². The van der Waals surface area contributed by atoms with Gasteiger partial charge in [0.05, 0.1) is 19.3 Å². The van der Waals surface area contributed by atoms with Gasteiger partial charge in [-0.2, -0.15) is 0 Å². The molecule has 0 radical (unpaired) electrons. The molecule has 0 amide bonds. The minimum atomic E-state index is -0.135. The summed E-state index contributed by atoms with van der Waals surface area (Å²) in [5.74, 6) is 0. The Bertz CT molecular complexity index is 236. The van der Waals surface area contributed by atoms with Gasteiger partial charge in [-0.25, -0.2) is 0 Å². The largest absolute Gasteiger partial charge is 0.395 e. The van der Waals surface area contributed by atoms with E-state index in [1.54, 1.807) is 7.11 Å². The fourth-order valence-corrected chi connectivity index (χ4v) is 2.39. The zero-order chi connectivity index (χ0) is 13.1. The third-order valence-corrected chi connectivity index (χ3v) is 3.86. The van der Waals surface area contributed by atoms with Gasteiger partial charge in [0.15, 0.2) is 0 Å². The summed E-state index contributed by atoms with van der Waals surface area (Å²) in [7, 11) is 3.78. The SMILES string of the molecule is COCC(N)C(CO)N1CCN(C)C(C)(C)C1. The van der Waals surface area contributed by atoms with Gasteiger partial charge in [-0.1, -0.05) is 0 Å². The van der Waals surface area contributed by atoms with Crippen molar-refractivity contribution in [2.45, 2.75) is 31.5 Å². The lowest BCUT2D eigenvalue weighted by Crippen LogP contribution is -2.63. The van der Waals surface area contributed by atoms with E-state index in [0.717, 1.165) is 19.6 Å². The number of hydrogen-bond acceptors (Lipinski definition) is 5. The van der Waals surface area contributed by atoms with E-state index in [1.165, 1.54) is 0 Å². The molecule has 102 valence electrons. The van der Waals surface area contributed by atoms with E-state index in [1.807, 2.05) is 0 Å². The first kappa shape index (κ1) is 14.9. The minimum absolute atomic E-state index is 0.0112. The maximum atomic E-state index is 9.52. The van der Waals surface area contributed by atoms with Crippen LogP contribution in [0.15, 0.2) is 0 Å². The molecule has 0 aromatic rings. The first-order valence-electron chi connectivity index (χ1n) is 6.23. The number of likely N-dealkylation sites (N-methyl/N-ethyl adjacent to an activating group) is 1. The Labute approximate surface area is 105 Å². The van der Waals surface area contributed by atoms with Crippen molar-refractivity contribution >= 4 is 0 Å². The molecule has 0 aromatic heterocycles. The molecule has 0 spiro atoms. The topological polar surface area (TPSA) is 62.0 Å². The van der Waals surface area contributed by atoms with E-state index in [9.17, 15) is 5.11 Å². The Hall–Kier alpha value is -0.200. The van der Waals surface area contributed by atoms with Gasteiger partial charge in [0.2, 0.25) is 0 Å². The third kappa shape index (κ3) is 3.63. The molecule has 2 unspecified atom stereocenters. The number of methoxy groups -OCH3 is 1. The van der Waals surface area contributed by atoms with Crippen LogP contribution in [0.3, 0.4) is 0 Å². The lowest BCUT2D eigenvalue weighted by atomic mass is 9.97. The molecular formula is C12H27N3O2. The van der Waals surface area contributed by atoms with E-state index in [-0.39, 0.29) is 24.2 Å². The van der Waals surface area contributed by atoms with Crippen molar-refractivity contribution in [2.24, 2.45) is 5.73 Å². The number of ether oxygens (including phenoxy) is 1. The summed E-state index contributed by atoms with van der Waals surface area (Å²) in [4.78, 5) is 4.63. The number of piperazine rings is 1. The molecule has 0 aromatic carbocycles. The van der Waals surface area contributed by atoms with Crippen LogP contribution in [-0.4, -0.2) is 79.5 Å². The highest BCUT2D eigenvalue weighted by Gasteiger charge is 2.35. The lowest BCUT2D eigenvalue weighted by molar-refractivity contribution is -0.0126. The third-order valence-electron chi connectivity index (χ3n) is 3.86. The van der Waals surface area contributed by atoms with Crippen LogP contribution in [0.4, 0.5) is 0 Å². The summed E-state index contributed by atoms with van der Waals surface area (Å²) in [6.07, 6.45) is 0. The molecule has 17 heavy (non-hydrogen) atoms. The zero-order valence-corrected chi connectivity index (χ0v) is 11.5. The molecule has 2 atom stereocenters. The van der Waals surface area contributed by atoms with Gasteiger partial charge in [0.25, 0.3) is 0 Å². The fraction of sp³-hybridized carbons (Fsp3) is 1.00. The van der Waals surface area contributed by atoms with E-state index >= 15 is 0 Å². The van der Waals surface area contributed by atoms with Gasteiger partial charge in [0.1, 0.15) is 0 Å². The fourth-order valence-electron chi connectivity index (χ4n) is 2.39. The Morgan fingerprint density at radius 2 is 2.06 bits per heavy atom. The Morgan fingerprint density at radius 1 is 1.41 bits per heavy atom. The average Bonchev–Trinajstić information content (AvgIpc) is 2.24. The lowest BCUT2D eigenvalue weighted by Gasteiger charge is -2.48. The van der Waals surface area contributed by atoms with E-state index < -0.39 is 0 Å². The van der Waals surface area contributed by atoms with Crippen molar-refractivity contribution in [3.63, 3.8) is 0 Å². The molecule has 1 aliphatic rings. The standard InChI is InChI=1S/C12H27N3O2/c1-12(2)9-15(6-5-14(12)3)11(7-16)10(13)8-17-4/h10-11,16H,5-9,13H2,1-4H3. The molecule has 1 aliphatic heterocycles. The van der Waals surface area contributed by atoms with Crippen molar-refractivity contribution < 1.29 is 9.84 Å². The van der Waals surface area contributed by atoms with Gasteiger partial charge < -0.3 is 15.6 Å². The maximum absolute atomic E-state index is 9.52. The number of aliphatic hydroxyl groups excluding tert-OH is 1. The van der Waals surface area contributed by atoms with Gasteiger partial charge in [-0.15, -0.1) is 0 Å². The van der Waals surface area contributed by atoms with Crippen molar-refractivity contribution in [2.75, 3.05) is 47.0 Å². The van der Waals surface area contributed by atoms with Crippen molar-refractivity contribution in [3.8, 4) is 0 Å². The van der Waals surface area contributed by atoms with Gasteiger partial charge in [0, 0.05) is 38.3 Å². The van der Waals surface area contributed by atoms with Crippen LogP contribution >= 0.6 is 0 Å². The maximum Gasteiger partial charge on any atom is 0.0629 e. The molecule has 1 rings (SSSR count). The average molecular weight is 245 g/mol.